The summed E-state index contributed by atoms with van der Waals surface area (Å²) in [6.07, 6.45) is 0.0547. The lowest BCUT2D eigenvalue weighted by Gasteiger charge is -2.24. The van der Waals surface area contributed by atoms with Gasteiger partial charge in [0.2, 0.25) is 5.75 Å². The zero-order valence-electron chi connectivity index (χ0n) is 16.0. The lowest BCUT2D eigenvalue weighted by Crippen LogP contribution is -2.40. The highest BCUT2D eigenvalue weighted by Crippen LogP contribution is 2.42. The van der Waals surface area contributed by atoms with Crippen molar-refractivity contribution in [3.8, 4) is 11.5 Å². The van der Waals surface area contributed by atoms with Gasteiger partial charge in [-0.15, -0.1) is 0 Å². The summed E-state index contributed by atoms with van der Waals surface area (Å²) in [4.78, 5) is 11.7. The highest BCUT2D eigenvalue weighted by atomic mass is 16.5. The third kappa shape index (κ3) is 2.72. The SMILES string of the molecule is [2H]C([2H])([2H])Oc1c2ccoc2c(OC[C@@H](O)C(C)(C)O)c2oc(=O)ccc12. The molecule has 0 radical (unpaired) electrons. The second-order valence-corrected chi connectivity index (χ2v) is 5.90. The number of ether oxygens (including phenoxy) is 2. The number of aliphatic hydroxyl groups excluding tert-OH is 1. The normalized spacial score (nSPS) is 15.8. The maximum absolute atomic E-state index is 11.7. The molecule has 24 heavy (non-hydrogen) atoms. The molecule has 1 atom stereocenters. The van der Waals surface area contributed by atoms with Crippen LogP contribution in [0, 0.1) is 0 Å². The van der Waals surface area contributed by atoms with Crippen LogP contribution in [-0.2, 0) is 0 Å². The first-order valence-corrected chi connectivity index (χ1v) is 7.16. The van der Waals surface area contributed by atoms with Gasteiger partial charge in [-0.3, -0.25) is 0 Å². The Hall–Kier alpha value is -2.51. The topological polar surface area (TPSA) is 102 Å². The molecule has 0 saturated carbocycles. The molecule has 0 saturated heterocycles. The summed E-state index contributed by atoms with van der Waals surface area (Å²) in [6.45, 7) is 2.50. The minimum atomic E-state index is -2.74. The molecule has 0 aliphatic heterocycles. The molecule has 3 rings (SSSR count). The fourth-order valence-corrected chi connectivity index (χ4v) is 2.28. The second-order valence-electron chi connectivity index (χ2n) is 5.90. The van der Waals surface area contributed by atoms with E-state index < -0.39 is 24.4 Å². The Bertz CT molecular complexity index is 1030. The highest BCUT2D eigenvalue weighted by Gasteiger charge is 2.27. The van der Waals surface area contributed by atoms with Gasteiger partial charge in [0.25, 0.3) is 0 Å². The fourth-order valence-electron chi connectivity index (χ4n) is 2.28. The van der Waals surface area contributed by atoms with Crippen LogP contribution in [0.25, 0.3) is 21.9 Å². The minimum Gasteiger partial charge on any atom is -0.495 e. The van der Waals surface area contributed by atoms with Gasteiger partial charge in [-0.25, -0.2) is 4.79 Å². The van der Waals surface area contributed by atoms with Crippen molar-refractivity contribution >= 4 is 21.9 Å². The Morgan fingerprint density at radius 2 is 2.00 bits per heavy atom. The van der Waals surface area contributed by atoms with E-state index in [9.17, 15) is 15.0 Å². The maximum Gasteiger partial charge on any atom is 0.336 e. The first kappa shape index (κ1) is 12.9. The monoisotopic (exact) mass is 337 g/mol. The molecule has 0 fully saturated rings. The summed E-state index contributed by atoms with van der Waals surface area (Å²) < 4.78 is 43.4. The number of methoxy groups -OCH3 is 1. The van der Waals surface area contributed by atoms with E-state index >= 15 is 0 Å². The maximum atomic E-state index is 11.7. The molecule has 0 aliphatic carbocycles. The fraction of sp³-hybridized carbons (Fsp3) is 0.353. The number of hydrogen-bond donors (Lipinski definition) is 2. The van der Waals surface area contributed by atoms with Gasteiger partial charge in [-0.1, -0.05) is 0 Å². The van der Waals surface area contributed by atoms with Crippen LogP contribution >= 0.6 is 0 Å². The third-order valence-corrected chi connectivity index (χ3v) is 3.70. The van der Waals surface area contributed by atoms with Crippen molar-refractivity contribution in [1.29, 1.82) is 0 Å². The van der Waals surface area contributed by atoms with E-state index in [4.69, 9.17) is 22.4 Å². The molecule has 0 spiro atoms. The molecule has 2 heterocycles. The zero-order chi connectivity index (χ0) is 20.0. The molecule has 2 N–H and O–H groups in total. The predicted molar refractivity (Wildman–Crippen MR) is 86.6 cm³/mol. The molecule has 0 unspecified atom stereocenters. The van der Waals surface area contributed by atoms with Crippen LogP contribution in [0.5, 0.6) is 11.5 Å². The number of aliphatic hydroxyl groups is 2. The Balaban J connectivity index is 2.21. The smallest absolute Gasteiger partial charge is 0.336 e. The van der Waals surface area contributed by atoms with Crippen LogP contribution in [0.2, 0.25) is 0 Å². The van der Waals surface area contributed by atoms with Crippen LogP contribution in [0.1, 0.15) is 18.0 Å². The summed E-state index contributed by atoms with van der Waals surface area (Å²) >= 11 is 0. The molecular weight excluding hydrogens is 316 g/mol. The van der Waals surface area contributed by atoms with Crippen molar-refractivity contribution in [2.24, 2.45) is 0 Å². The van der Waals surface area contributed by atoms with E-state index in [1.807, 2.05) is 0 Å². The lowest BCUT2D eigenvalue weighted by atomic mass is 10.0. The van der Waals surface area contributed by atoms with Crippen molar-refractivity contribution in [3.05, 3.63) is 34.9 Å². The van der Waals surface area contributed by atoms with E-state index in [0.29, 0.717) is 5.39 Å². The van der Waals surface area contributed by atoms with Gasteiger partial charge >= 0.3 is 5.63 Å². The molecule has 7 heteroatoms. The number of benzene rings is 1. The van der Waals surface area contributed by atoms with Gasteiger partial charge in [-0.2, -0.15) is 0 Å². The molecule has 0 amide bonds. The average Bonchev–Trinajstić information content (AvgIpc) is 3.01. The van der Waals surface area contributed by atoms with Crippen LogP contribution in [0.3, 0.4) is 0 Å². The Labute approximate surface area is 141 Å². The van der Waals surface area contributed by atoms with Gasteiger partial charge in [0.05, 0.1) is 33.8 Å². The van der Waals surface area contributed by atoms with Crippen LogP contribution in [0.4, 0.5) is 0 Å². The second kappa shape index (κ2) is 5.85. The van der Waals surface area contributed by atoms with E-state index in [1.54, 1.807) is 0 Å². The Morgan fingerprint density at radius 3 is 2.71 bits per heavy atom. The molecule has 2 aromatic heterocycles. The Morgan fingerprint density at radius 1 is 1.25 bits per heavy atom. The summed E-state index contributed by atoms with van der Waals surface area (Å²) in [7, 11) is -2.74. The quantitative estimate of drug-likeness (QED) is 0.687. The minimum absolute atomic E-state index is 0.0103. The van der Waals surface area contributed by atoms with Crippen LogP contribution in [-0.4, -0.2) is 35.6 Å². The predicted octanol–water partition coefficient (Wildman–Crippen LogP) is 2.06. The molecule has 7 nitrogen and oxygen atoms in total. The molecule has 0 bridgehead atoms. The number of hydrogen-bond acceptors (Lipinski definition) is 7. The van der Waals surface area contributed by atoms with Crippen molar-refractivity contribution in [2.75, 3.05) is 13.6 Å². The summed E-state index contributed by atoms with van der Waals surface area (Å²) in [6, 6.07) is 3.96. The van der Waals surface area contributed by atoms with Crippen molar-refractivity contribution in [1.82, 2.24) is 0 Å². The summed E-state index contributed by atoms with van der Waals surface area (Å²) in [5.41, 5.74) is -2.13. The van der Waals surface area contributed by atoms with Crippen LogP contribution < -0.4 is 15.1 Å². The third-order valence-electron chi connectivity index (χ3n) is 3.70. The summed E-state index contributed by atoms with van der Waals surface area (Å²) in [5.74, 6) is -0.0585. The van der Waals surface area contributed by atoms with Gasteiger partial charge in [-0.05, 0) is 26.0 Å². The number of rotatable bonds is 5. The first-order valence-electron chi connectivity index (χ1n) is 8.66. The average molecular weight is 337 g/mol. The van der Waals surface area contributed by atoms with Gasteiger partial charge in [0.15, 0.2) is 11.2 Å². The number of furan rings is 1. The first-order chi connectivity index (χ1) is 12.5. The van der Waals surface area contributed by atoms with Crippen molar-refractivity contribution < 1.29 is 32.6 Å². The van der Waals surface area contributed by atoms with Crippen molar-refractivity contribution in [2.45, 2.75) is 25.6 Å². The largest absolute Gasteiger partial charge is 0.495 e. The molecule has 0 aliphatic rings. The van der Waals surface area contributed by atoms with E-state index in [-0.39, 0.29) is 34.7 Å². The van der Waals surface area contributed by atoms with Crippen molar-refractivity contribution in [3.63, 3.8) is 0 Å². The standard InChI is InChI=1S/C17H18O7/c1-17(2,20)11(18)8-23-16-14-10(6-7-22-14)13(21-3)9-4-5-12(19)24-15(9)16/h4-7,11,18,20H,8H2,1-3H3/t11-/m1/s1/i3D3. The van der Waals surface area contributed by atoms with E-state index in [2.05, 4.69) is 0 Å². The van der Waals surface area contributed by atoms with E-state index in [0.717, 1.165) is 6.07 Å². The highest BCUT2D eigenvalue weighted by molar-refractivity contribution is 6.06. The lowest BCUT2D eigenvalue weighted by molar-refractivity contribution is -0.0660. The molecular formula is C17H18O7. The van der Waals surface area contributed by atoms with Gasteiger partial charge in [0.1, 0.15) is 18.5 Å². The Kier molecular flexibility index (Phi) is 3.13. The van der Waals surface area contributed by atoms with Crippen LogP contribution in [0.15, 0.2) is 38.1 Å². The molecule has 128 valence electrons. The van der Waals surface area contributed by atoms with Gasteiger partial charge in [0, 0.05) is 6.07 Å². The van der Waals surface area contributed by atoms with Gasteiger partial charge < -0.3 is 28.5 Å². The van der Waals surface area contributed by atoms with E-state index in [1.165, 1.54) is 32.2 Å². The summed E-state index contributed by atoms with van der Waals surface area (Å²) in [5, 5.41) is 20.3. The zero-order valence-corrected chi connectivity index (χ0v) is 13.0. The molecule has 1 aromatic carbocycles. The molecule has 3 aromatic rings. The number of fused-ring (bicyclic) bond motifs is 2.